The molecule has 204 valence electrons. The van der Waals surface area contributed by atoms with Gasteiger partial charge in [-0.1, -0.05) is 97.1 Å². The highest BCUT2D eigenvalue weighted by molar-refractivity contribution is 5.50. The predicted molar refractivity (Wildman–Crippen MR) is 162 cm³/mol. The Kier molecular flexibility index (Phi) is 9.48. The first-order valence-corrected chi connectivity index (χ1v) is 13.5. The van der Waals surface area contributed by atoms with E-state index in [1.54, 1.807) is 12.2 Å². The second-order valence-corrected chi connectivity index (χ2v) is 9.92. The van der Waals surface area contributed by atoms with Gasteiger partial charge in [0.25, 0.3) is 0 Å². The van der Waals surface area contributed by atoms with Crippen LogP contribution in [0.3, 0.4) is 0 Å². The number of fused-ring (bicyclic) bond motifs is 4. The zero-order chi connectivity index (χ0) is 28.5. The van der Waals surface area contributed by atoms with Crippen LogP contribution in [0.1, 0.15) is 44.5 Å². The van der Waals surface area contributed by atoms with Crippen molar-refractivity contribution in [3.05, 3.63) is 155 Å². The second kappa shape index (κ2) is 13.4. The van der Waals surface area contributed by atoms with Gasteiger partial charge in [-0.15, -0.1) is 13.2 Å². The smallest absolute Gasteiger partial charge is 0.122 e. The van der Waals surface area contributed by atoms with Gasteiger partial charge in [0.15, 0.2) is 0 Å². The predicted octanol–water partition coefficient (Wildman–Crippen LogP) is 7.49. The standard InChI is InChI=1S/C19H20O2.C17H16O2/c1-3-7-14-9-5-11-16(18(14)20)13-17-12-6-10-15(8-4-2)19(17)21;18-16-12-5-1-2-6-13-8-4-10-15(17(13)19)11-14(16)9-3-7-12/h3-6,9-12,20-21H,1-2,7-8,13H2;1-4,7-10,18-19H,5-6,11H2/b;2-1-. The Labute approximate surface area is 236 Å². The molecule has 0 heterocycles. The summed E-state index contributed by atoms with van der Waals surface area (Å²) in [5.74, 6) is 1.26. The van der Waals surface area contributed by atoms with E-state index in [-0.39, 0.29) is 11.5 Å². The van der Waals surface area contributed by atoms with E-state index in [4.69, 9.17) is 0 Å². The number of phenols is 4. The van der Waals surface area contributed by atoms with Gasteiger partial charge in [0.05, 0.1) is 0 Å². The molecule has 4 aromatic carbocycles. The van der Waals surface area contributed by atoms with Gasteiger partial charge in [-0.2, -0.15) is 0 Å². The van der Waals surface area contributed by atoms with Crippen LogP contribution in [0.25, 0.3) is 0 Å². The van der Waals surface area contributed by atoms with Gasteiger partial charge in [0, 0.05) is 12.8 Å². The fourth-order valence-electron chi connectivity index (χ4n) is 4.95. The van der Waals surface area contributed by atoms with E-state index in [0.717, 1.165) is 57.3 Å². The Morgan fingerprint density at radius 2 is 0.875 bits per heavy atom. The molecule has 4 N–H and O–H groups in total. The Morgan fingerprint density at radius 3 is 1.30 bits per heavy atom. The Bertz CT molecular complexity index is 1420. The van der Waals surface area contributed by atoms with Gasteiger partial charge >= 0.3 is 0 Å². The zero-order valence-electron chi connectivity index (χ0n) is 22.7. The van der Waals surface area contributed by atoms with E-state index in [9.17, 15) is 20.4 Å². The maximum Gasteiger partial charge on any atom is 0.122 e. The first-order chi connectivity index (χ1) is 19.4. The first kappa shape index (κ1) is 28.3. The van der Waals surface area contributed by atoms with E-state index in [1.807, 2.05) is 84.9 Å². The van der Waals surface area contributed by atoms with Crippen molar-refractivity contribution in [2.45, 2.75) is 38.5 Å². The van der Waals surface area contributed by atoms with E-state index >= 15 is 0 Å². The largest absolute Gasteiger partial charge is 0.507 e. The molecule has 4 nitrogen and oxygen atoms in total. The van der Waals surface area contributed by atoms with E-state index in [0.29, 0.717) is 37.2 Å². The lowest BCUT2D eigenvalue weighted by Crippen LogP contribution is -1.95. The van der Waals surface area contributed by atoms with Crippen LogP contribution in [0, 0.1) is 0 Å². The number of benzene rings is 4. The maximum absolute atomic E-state index is 10.3. The van der Waals surface area contributed by atoms with Crippen molar-refractivity contribution in [3.63, 3.8) is 0 Å². The molecule has 4 heteroatoms. The van der Waals surface area contributed by atoms with Crippen molar-refractivity contribution < 1.29 is 20.4 Å². The summed E-state index contributed by atoms with van der Waals surface area (Å²) in [5, 5.41) is 41.1. The molecule has 0 atom stereocenters. The number of rotatable bonds is 6. The van der Waals surface area contributed by atoms with Crippen molar-refractivity contribution in [1.82, 2.24) is 0 Å². The van der Waals surface area contributed by atoms with Gasteiger partial charge in [0.1, 0.15) is 23.0 Å². The van der Waals surface area contributed by atoms with Crippen LogP contribution in [0.4, 0.5) is 0 Å². The third kappa shape index (κ3) is 6.65. The fourth-order valence-corrected chi connectivity index (χ4v) is 4.95. The summed E-state index contributed by atoms with van der Waals surface area (Å²) >= 11 is 0. The summed E-state index contributed by atoms with van der Waals surface area (Å²) in [6, 6.07) is 23.0. The Balaban J connectivity index is 0.000000186. The number of hydrogen-bond acceptors (Lipinski definition) is 4. The number of hydrogen-bond donors (Lipinski definition) is 4. The highest BCUT2D eigenvalue weighted by atomic mass is 16.3. The van der Waals surface area contributed by atoms with Crippen LogP contribution in [-0.2, 0) is 38.5 Å². The average molecular weight is 533 g/mol. The maximum atomic E-state index is 10.3. The van der Waals surface area contributed by atoms with Crippen LogP contribution < -0.4 is 0 Å². The molecule has 0 aliphatic heterocycles. The van der Waals surface area contributed by atoms with Crippen molar-refractivity contribution in [2.24, 2.45) is 0 Å². The third-order valence-electron chi connectivity index (χ3n) is 7.15. The molecule has 1 aliphatic carbocycles. The van der Waals surface area contributed by atoms with Crippen LogP contribution >= 0.6 is 0 Å². The van der Waals surface area contributed by atoms with Crippen LogP contribution in [0.5, 0.6) is 23.0 Å². The summed E-state index contributed by atoms with van der Waals surface area (Å²) < 4.78 is 0. The van der Waals surface area contributed by atoms with Gasteiger partial charge < -0.3 is 20.4 Å². The number of para-hydroxylation sites is 4. The molecule has 0 amide bonds. The number of allylic oxidation sites excluding steroid dienone is 4. The van der Waals surface area contributed by atoms with Gasteiger partial charge in [-0.25, -0.2) is 0 Å². The SMILES string of the molecule is C=CCc1cccc(Cc2cccc(CC=C)c2O)c1O.Oc1c2cccc1Cc1cccc(c1O)C/C=C\C2. The highest BCUT2D eigenvalue weighted by Crippen LogP contribution is 2.32. The Morgan fingerprint density at radius 1 is 0.500 bits per heavy atom. The van der Waals surface area contributed by atoms with Crippen LogP contribution in [0.15, 0.2) is 110 Å². The second-order valence-electron chi connectivity index (χ2n) is 9.92. The molecule has 0 spiro atoms. The van der Waals surface area contributed by atoms with E-state index < -0.39 is 0 Å². The summed E-state index contributed by atoms with van der Waals surface area (Å²) in [6.45, 7) is 7.39. The van der Waals surface area contributed by atoms with Gasteiger partial charge in [-0.3, -0.25) is 0 Å². The summed E-state index contributed by atoms with van der Waals surface area (Å²) in [6.07, 6.45) is 11.3. The molecule has 0 saturated carbocycles. The molecule has 4 bridgehead atoms. The molecular weight excluding hydrogens is 496 g/mol. The minimum absolute atomic E-state index is 0.283. The molecule has 0 fully saturated rings. The third-order valence-corrected chi connectivity index (χ3v) is 7.15. The summed E-state index contributed by atoms with van der Waals surface area (Å²) in [7, 11) is 0. The molecule has 40 heavy (non-hydrogen) atoms. The van der Waals surface area contributed by atoms with Gasteiger partial charge in [0.2, 0.25) is 0 Å². The topological polar surface area (TPSA) is 80.9 Å². The number of aromatic hydroxyl groups is 4. The van der Waals surface area contributed by atoms with E-state index in [2.05, 4.69) is 13.2 Å². The molecule has 0 unspecified atom stereocenters. The summed E-state index contributed by atoms with van der Waals surface area (Å²) in [4.78, 5) is 0. The molecule has 1 aliphatic rings. The monoisotopic (exact) mass is 532 g/mol. The molecular formula is C36H36O4. The normalized spacial score (nSPS) is 12.8. The Hall–Kier alpha value is -4.70. The lowest BCUT2D eigenvalue weighted by molar-refractivity contribution is 0.456. The van der Waals surface area contributed by atoms with Crippen LogP contribution in [-0.4, -0.2) is 20.4 Å². The molecule has 0 aromatic heterocycles. The minimum Gasteiger partial charge on any atom is -0.507 e. The highest BCUT2D eigenvalue weighted by Gasteiger charge is 2.13. The zero-order valence-corrected chi connectivity index (χ0v) is 22.7. The lowest BCUT2D eigenvalue weighted by atomic mass is 9.97. The van der Waals surface area contributed by atoms with Crippen molar-refractivity contribution in [3.8, 4) is 23.0 Å². The molecule has 5 rings (SSSR count). The van der Waals surface area contributed by atoms with Crippen molar-refractivity contribution in [2.75, 3.05) is 0 Å². The quantitative estimate of drug-likeness (QED) is 0.194. The van der Waals surface area contributed by atoms with E-state index in [1.165, 1.54) is 0 Å². The first-order valence-electron chi connectivity index (χ1n) is 13.5. The molecule has 4 aromatic rings. The average Bonchev–Trinajstić information content (AvgIpc) is 2.95. The van der Waals surface area contributed by atoms with Gasteiger partial charge in [-0.05, 0) is 70.2 Å². The number of phenolic OH excluding ortho intramolecular Hbond substituents is 4. The lowest BCUT2D eigenvalue weighted by Gasteiger charge is -2.11. The van der Waals surface area contributed by atoms with Crippen molar-refractivity contribution >= 4 is 0 Å². The fraction of sp³-hybridized carbons (Fsp3) is 0.167. The minimum atomic E-state index is 0.283. The van der Waals surface area contributed by atoms with Crippen molar-refractivity contribution in [1.29, 1.82) is 0 Å². The molecule has 0 saturated heterocycles. The van der Waals surface area contributed by atoms with Crippen LogP contribution in [0.2, 0.25) is 0 Å². The summed E-state index contributed by atoms with van der Waals surface area (Å²) in [5.41, 5.74) is 6.90. The molecule has 0 radical (unpaired) electrons.